The molecule has 4 N–H and O–H groups in total. The second-order valence-electron chi connectivity index (χ2n) is 5.05. The molecule has 0 aromatic heterocycles. The van der Waals surface area contributed by atoms with Gasteiger partial charge in [-0.05, 0) is 61.2 Å². The number of para-hydroxylation sites is 1. The third-order valence-electron chi connectivity index (χ3n) is 3.13. The fourth-order valence-corrected chi connectivity index (χ4v) is 2.25. The predicted molar refractivity (Wildman–Crippen MR) is 101 cm³/mol. The second-order valence-corrected chi connectivity index (χ2v) is 5.87. The number of hydrazine groups is 1. The maximum Gasteiger partial charge on any atom is 0.416 e. The molecular weight excluding hydrogens is 369 g/mol. The Kier molecular flexibility index (Phi) is 6.16. The number of alkyl halides is 3. The number of hydrogen-bond acceptors (Lipinski definition) is 2. The minimum absolute atomic E-state index is 0.0771. The number of aryl methyl sites for hydroxylation is 1. The van der Waals surface area contributed by atoms with E-state index in [4.69, 9.17) is 24.4 Å². The van der Waals surface area contributed by atoms with Gasteiger partial charge in [0, 0.05) is 11.4 Å². The van der Waals surface area contributed by atoms with E-state index in [0.717, 1.165) is 23.4 Å². The fraction of sp³-hybridized carbons (Fsp3) is 0.125. The standard InChI is InChI=1S/C16H15F3N4S2/c1-10-5-2-3-8-13(10)21-15(25)23-22-14(24)20-12-7-4-6-11(9-12)16(17,18)19/h2-9H,1H3,(H2,20,22,24)(H2,21,23,25). The topological polar surface area (TPSA) is 48.1 Å². The number of nitrogens with one attached hydrogen (secondary N) is 4. The zero-order valence-corrected chi connectivity index (χ0v) is 14.7. The van der Waals surface area contributed by atoms with Crippen LogP contribution in [-0.4, -0.2) is 10.2 Å². The molecule has 0 spiro atoms. The van der Waals surface area contributed by atoms with Crippen molar-refractivity contribution in [2.24, 2.45) is 0 Å². The van der Waals surface area contributed by atoms with Crippen LogP contribution in [0.25, 0.3) is 0 Å². The quantitative estimate of drug-likeness (QED) is 0.460. The molecule has 2 aromatic carbocycles. The van der Waals surface area contributed by atoms with Gasteiger partial charge in [-0.15, -0.1) is 0 Å². The SMILES string of the molecule is Cc1ccccc1NC(=S)NNC(=S)Nc1cccc(C(F)(F)F)c1. The number of thiocarbonyl (C=S) groups is 2. The molecule has 0 atom stereocenters. The van der Waals surface area contributed by atoms with Crippen LogP contribution in [0.15, 0.2) is 48.5 Å². The van der Waals surface area contributed by atoms with E-state index in [1.165, 1.54) is 12.1 Å². The molecule has 9 heteroatoms. The summed E-state index contributed by atoms with van der Waals surface area (Å²) in [5, 5.41) is 5.98. The van der Waals surface area contributed by atoms with Gasteiger partial charge in [-0.3, -0.25) is 10.9 Å². The van der Waals surface area contributed by atoms with Crippen molar-refractivity contribution in [3.8, 4) is 0 Å². The summed E-state index contributed by atoms with van der Waals surface area (Å²) < 4.78 is 38.1. The van der Waals surface area contributed by atoms with Crippen molar-refractivity contribution >= 4 is 46.0 Å². The summed E-state index contributed by atoms with van der Waals surface area (Å²) in [7, 11) is 0. The first-order chi connectivity index (χ1) is 11.8. The van der Waals surface area contributed by atoms with E-state index in [1.807, 2.05) is 31.2 Å². The Morgan fingerprint density at radius 1 is 0.880 bits per heavy atom. The third-order valence-corrected chi connectivity index (χ3v) is 3.54. The Labute approximate surface area is 153 Å². The van der Waals surface area contributed by atoms with Crippen LogP contribution in [0.4, 0.5) is 24.5 Å². The van der Waals surface area contributed by atoms with Gasteiger partial charge in [-0.2, -0.15) is 13.2 Å². The van der Waals surface area contributed by atoms with Crippen LogP contribution >= 0.6 is 24.4 Å². The maximum atomic E-state index is 12.7. The Bertz CT molecular complexity index is 778. The first-order valence-electron chi connectivity index (χ1n) is 7.12. The molecule has 2 aromatic rings. The average molecular weight is 384 g/mol. The van der Waals surface area contributed by atoms with Gasteiger partial charge in [0.05, 0.1) is 5.56 Å². The second kappa shape index (κ2) is 8.13. The molecule has 0 amide bonds. The lowest BCUT2D eigenvalue weighted by Gasteiger charge is -2.16. The Balaban J connectivity index is 1.87. The van der Waals surface area contributed by atoms with Crippen molar-refractivity contribution in [3.63, 3.8) is 0 Å². The van der Waals surface area contributed by atoms with Gasteiger partial charge in [0.15, 0.2) is 10.2 Å². The lowest BCUT2D eigenvalue weighted by atomic mass is 10.2. The fourth-order valence-electron chi connectivity index (χ4n) is 1.92. The number of benzene rings is 2. The first kappa shape index (κ1) is 18.9. The molecule has 0 aliphatic carbocycles. The van der Waals surface area contributed by atoms with Crippen LogP contribution in [0.3, 0.4) is 0 Å². The zero-order valence-electron chi connectivity index (χ0n) is 13.1. The van der Waals surface area contributed by atoms with Crippen LogP contribution in [0.5, 0.6) is 0 Å². The highest BCUT2D eigenvalue weighted by molar-refractivity contribution is 7.81. The van der Waals surface area contributed by atoms with Crippen LogP contribution in [-0.2, 0) is 6.18 Å². The highest BCUT2D eigenvalue weighted by Gasteiger charge is 2.30. The predicted octanol–water partition coefficient (Wildman–Crippen LogP) is 4.20. The van der Waals surface area contributed by atoms with Crippen molar-refractivity contribution in [1.29, 1.82) is 0 Å². The van der Waals surface area contributed by atoms with E-state index in [-0.39, 0.29) is 15.9 Å². The smallest absolute Gasteiger partial charge is 0.331 e. The Morgan fingerprint density at radius 3 is 2.16 bits per heavy atom. The Morgan fingerprint density at radius 2 is 1.52 bits per heavy atom. The van der Waals surface area contributed by atoms with Gasteiger partial charge in [0.2, 0.25) is 0 Å². The molecule has 0 heterocycles. The molecule has 0 radical (unpaired) electrons. The molecule has 132 valence electrons. The van der Waals surface area contributed by atoms with Crippen LogP contribution in [0.1, 0.15) is 11.1 Å². The van der Waals surface area contributed by atoms with Gasteiger partial charge in [0.25, 0.3) is 0 Å². The molecular formula is C16H15F3N4S2. The van der Waals surface area contributed by atoms with E-state index in [2.05, 4.69) is 21.5 Å². The van der Waals surface area contributed by atoms with Crippen molar-refractivity contribution < 1.29 is 13.2 Å². The monoisotopic (exact) mass is 384 g/mol. The van der Waals surface area contributed by atoms with Gasteiger partial charge in [-0.25, -0.2) is 0 Å². The molecule has 0 unspecified atom stereocenters. The highest BCUT2D eigenvalue weighted by Crippen LogP contribution is 2.30. The lowest BCUT2D eigenvalue weighted by Crippen LogP contribution is -2.45. The first-order valence-corrected chi connectivity index (χ1v) is 7.94. The number of anilines is 2. The molecule has 2 rings (SSSR count). The van der Waals surface area contributed by atoms with Gasteiger partial charge < -0.3 is 10.6 Å². The maximum absolute atomic E-state index is 12.7. The van der Waals surface area contributed by atoms with Gasteiger partial charge in [0.1, 0.15) is 0 Å². The molecule has 25 heavy (non-hydrogen) atoms. The van der Waals surface area contributed by atoms with Crippen molar-refractivity contribution in [3.05, 3.63) is 59.7 Å². The van der Waals surface area contributed by atoms with E-state index in [0.29, 0.717) is 0 Å². The average Bonchev–Trinajstić information content (AvgIpc) is 2.55. The number of hydrogen-bond donors (Lipinski definition) is 4. The largest absolute Gasteiger partial charge is 0.416 e. The highest BCUT2D eigenvalue weighted by atomic mass is 32.1. The van der Waals surface area contributed by atoms with Crippen LogP contribution in [0, 0.1) is 6.92 Å². The van der Waals surface area contributed by atoms with E-state index in [9.17, 15) is 13.2 Å². The minimum Gasteiger partial charge on any atom is -0.331 e. The van der Waals surface area contributed by atoms with E-state index >= 15 is 0 Å². The summed E-state index contributed by atoms with van der Waals surface area (Å²) in [6, 6.07) is 12.3. The van der Waals surface area contributed by atoms with E-state index < -0.39 is 11.7 Å². The molecule has 0 saturated heterocycles. The van der Waals surface area contributed by atoms with Crippen molar-refractivity contribution in [1.82, 2.24) is 10.9 Å². The van der Waals surface area contributed by atoms with Crippen LogP contribution < -0.4 is 21.5 Å². The van der Waals surface area contributed by atoms with Crippen LogP contribution in [0.2, 0.25) is 0 Å². The lowest BCUT2D eigenvalue weighted by molar-refractivity contribution is -0.137. The Hall–Kier alpha value is -2.39. The molecule has 0 aliphatic rings. The van der Waals surface area contributed by atoms with E-state index in [1.54, 1.807) is 0 Å². The van der Waals surface area contributed by atoms with Gasteiger partial charge in [-0.1, -0.05) is 24.3 Å². The number of rotatable bonds is 2. The summed E-state index contributed by atoms with van der Waals surface area (Å²) >= 11 is 10.2. The summed E-state index contributed by atoms with van der Waals surface area (Å²) in [6.07, 6.45) is -4.41. The third kappa shape index (κ3) is 5.87. The molecule has 4 nitrogen and oxygen atoms in total. The minimum atomic E-state index is -4.41. The molecule has 0 bridgehead atoms. The van der Waals surface area contributed by atoms with Gasteiger partial charge >= 0.3 is 6.18 Å². The van der Waals surface area contributed by atoms with Crippen molar-refractivity contribution in [2.45, 2.75) is 13.1 Å². The summed E-state index contributed by atoms with van der Waals surface area (Å²) in [5.41, 5.74) is 6.58. The normalized spacial score (nSPS) is 10.7. The zero-order chi connectivity index (χ0) is 18.4. The summed E-state index contributed by atoms with van der Waals surface area (Å²) in [6.45, 7) is 1.93. The molecule has 0 saturated carbocycles. The van der Waals surface area contributed by atoms with Crippen molar-refractivity contribution in [2.75, 3.05) is 10.6 Å². The molecule has 0 aliphatic heterocycles. The summed E-state index contributed by atoms with van der Waals surface area (Å²) in [4.78, 5) is 0. The number of halogens is 3. The summed E-state index contributed by atoms with van der Waals surface area (Å²) in [5.74, 6) is 0. The molecule has 0 fully saturated rings.